The quantitative estimate of drug-likeness (QED) is 0.800. The van der Waals surface area contributed by atoms with Crippen LogP contribution in [0.3, 0.4) is 0 Å². The number of ether oxygens (including phenoxy) is 2. The van der Waals surface area contributed by atoms with Gasteiger partial charge in [-0.15, -0.1) is 0 Å². The highest BCUT2D eigenvalue weighted by atomic mass is 32.2. The van der Waals surface area contributed by atoms with Crippen molar-refractivity contribution in [3.63, 3.8) is 0 Å². The van der Waals surface area contributed by atoms with Crippen molar-refractivity contribution in [3.8, 4) is 5.75 Å². The predicted molar refractivity (Wildman–Crippen MR) is 67.0 cm³/mol. The highest BCUT2D eigenvalue weighted by molar-refractivity contribution is 7.89. The van der Waals surface area contributed by atoms with Crippen LogP contribution in [0.15, 0.2) is 23.1 Å². The summed E-state index contributed by atoms with van der Waals surface area (Å²) in [6, 6.07) is 4.59. The highest BCUT2D eigenvalue weighted by Crippen LogP contribution is 2.28. The maximum absolute atomic E-state index is 12.5. The fraction of sp³-hybridized carbons (Fsp3) is 0.455. The highest BCUT2D eigenvalue weighted by Gasteiger charge is 2.29. The molecule has 0 saturated carbocycles. The minimum Gasteiger partial charge on any atom is -0.495 e. The number of benzene rings is 1. The second kappa shape index (κ2) is 5.13. The fourth-order valence-corrected chi connectivity index (χ4v) is 3.42. The second-order valence-corrected chi connectivity index (χ2v) is 5.83. The molecule has 1 heterocycles. The van der Waals surface area contributed by atoms with E-state index in [0.29, 0.717) is 37.7 Å². The third kappa shape index (κ3) is 2.43. The van der Waals surface area contributed by atoms with E-state index in [4.69, 9.17) is 15.2 Å². The summed E-state index contributed by atoms with van der Waals surface area (Å²) in [5.74, 6) is 0.302. The van der Waals surface area contributed by atoms with Gasteiger partial charge in [-0.3, -0.25) is 0 Å². The molecular weight excluding hydrogens is 256 g/mol. The van der Waals surface area contributed by atoms with E-state index in [1.54, 1.807) is 12.1 Å². The van der Waals surface area contributed by atoms with Crippen LogP contribution in [0, 0.1) is 0 Å². The van der Waals surface area contributed by atoms with Crippen LogP contribution in [0.1, 0.15) is 0 Å². The van der Waals surface area contributed by atoms with E-state index in [1.165, 1.54) is 17.5 Å². The number of hydrogen-bond acceptors (Lipinski definition) is 5. The number of nitrogen functional groups attached to an aromatic ring is 1. The van der Waals surface area contributed by atoms with Crippen molar-refractivity contribution in [1.29, 1.82) is 0 Å². The van der Waals surface area contributed by atoms with E-state index in [0.717, 1.165) is 0 Å². The first-order valence-corrected chi connectivity index (χ1v) is 7.01. The summed E-state index contributed by atoms with van der Waals surface area (Å²) in [5, 5.41) is 0. The molecule has 18 heavy (non-hydrogen) atoms. The van der Waals surface area contributed by atoms with Crippen LogP contribution in [-0.2, 0) is 14.8 Å². The molecule has 6 nitrogen and oxygen atoms in total. The number of sulfonamides is 1. The number of methoxy groups -OCH3 is 1. The van der Waals surface area contributed by atoms with Crippen molar-refractivity contribution in [3.05, 3.63) is 18.2 Å². The molecule has 1 fully saturated rings. The van der Waals surface area contributed by atoms with E-state index >= 15 is 0 Å². The Balaban J connectivity index is 2.42. The molecule has 0 radical (unpaired) electrons. The molecule has 1 aromatic carbocycles. The lowest BCUT2D eigenvalue weighted by molar-refractivity contribution is 0.0729. The monoisotopic (exact) mass is 272 g/mol. The number of hydrogen-bond donors (Lipinski definition) is 1. The van der Waals surface area contributed by atoms with Crippen molar-refractivity contribution in [2.75, 3.05) is 39.1 Å². The number of anilines is 1. The van der Waals surface area contributed by atoms with Gasteiger partial charge < -0.3 is 15.2 Å². The maximum atomic E-state index is 12.5. The van der Waals surface area contributed by atoms with E-state index in [1.807, 2.05) is 0 Å². The molecule has 0 unspecified atom stereocenters. The molecule has 0 atom stereocenters. The summed E-state index contributed by atoms with van der Waals surface area (Å²) in [6.07, 6.45) is 0. The Kier molecular flexibility index (Phi) is 3.74. The van der Waals surface area contributed by atoms with Gasteiger partial charge in [0.05, 0.1) is 20.3 Å². The summed E-state index contributed by atoms with van der Waals surface area (Å²) in [5.41, 5.74) is 6.04. The van der Waals surface area contributed by atoms with E-state index in [9.17, 15) is 8.42 Å². The van der Waals surface area contributed by atoms with Gasteiger partial charge in [-0.2, -0.15) is 4.31 Å². The van der Waals surface area contributed by atoms with Gasteiger partial charge in [-0.05, 0) is 18.2 Å². The lowest BCUT2D eigenvalue weighted by atomic mass is 10.3. The molecule has 100 valence electrons. The number of rotatable bonds is 3. The van der Waals surface area contributed by atoms with Crippen LogP contribution in [-0.4, -0.2) is 46.1 Å². The minimum atomic E-state index is -3.58. The van der Waals surface area contributed by atoms with Gasteiger partial charge in [0, 0.05) is 18.8 Å². The SMILES string of the molecule is COc1ccc(N)cc1S(=O)(=O)N1CCOCC1. The topological polar surface area (TPSA) is 81.9 Å². The first-order valence-electron chi connectivity index (χ1n) is 5.57. The van der Waals surface area contributed by atoms with Gasteiger partial charge in [0.2, 0.25) is 10.0 Å². The average Bonchev–Trinajstić information content (AvgIpc) is 2.39. The molecule has 0 aliphatic carbocycles. The molecule has 1 aliphatic heterocycles. The number of nitrogens with zero attached hydrogens (tertiary/aromatic N) is 1. The van der Waals surface area contributed by atoms with Crippen LogP contribution in [0.2, 0.25) is 0 Å². The number of morpholine rings is 1. The van der Waals surface area contributed by atoms with Gasteiger partial charge in [-0.25, -0.2) is 8.42 Å². The Morgan fingerprint density at radius 3 is 2.61 bits per heavy atom. The lowest BCUT2D eigenvalue weighted by Crippen LogP contribution is -2.40. The van der Waals surface area contributed by atoms with Crippen molar-refractivity contribution in [1.82, 2.24) is 4.31 Å². The summed E-state index contributed by atoms with van der Waals surface area (Å²) in [4.78, 5) is 0.104. The van der Waals surface area contributed by atoms with Crippen molar-refractivity contribution < 1.29 is 17.9 Å². The standard InChI is InChI=1S/C11H16N2O4S/c1-16-10-3-2-9(12)8-11(10)18(14,15)13-4-6-17-7-5-13/h2-3,8H,4-7,12H2,1H3. The van der Waals surface area contributed by atoms with Crippen molar-refractivity contribution >= 4 is 15.7 Å². The van der Waals surface area contributed by atoms with Crippen LogP contribution < -0.4 is 10.5 Å². The van der Waals surface area contributed by atoms with E-state index < -0.39 is 10.0 Å². The summed E-state index contributed by atoms with van der Waals surface area (Å²) >= 11 is 0. The van der Waals surface area contributed by atoms with E-state index in [-0.39, 0.29) is 4.90 Å². The first-order chi connectivity index (χ1) is 8.55. The molecule has 7 heteroatoms. The average molecular weight is 272 g/mol. The molecule has 0 spiro atoms. The largest absolute Gasteiger partial charge is 0.495 e. The molecule has 0 amide bonds. The molecular formula is C11H16N2O4S. The summed E-state index contributed by atoms with van der Waals surface area (Å²) in [7, 11) is -2.14. The van der Waals surface area contributed by atoms with Crippen molar-refractivity contribution in [2.24, 2.45) is 0 Å². The van der Waals surface area contributed by atoms with Crippen molar-refractivity contribution in [2.45, 2.75) is 4.90 Å². The van der Waals surface area contributed by atoms with Gasteiger partial charge in [-0.1, -0.05) is 0 Å². The molecule has 0 bridgehead atoms. The molecule has 1 aromatic rings. The van der Waals surface area contributed by atoms with Gasteiger partial charge in [0.1, 0.15) is 10.6 Å². The molecule has 1 aliphatic rings. The minimum absolute atomic E-state index is 0.104. The van der Waals surface area contributed by atoms with Crippen LogP contribution in [0.5, 0.6) is 5.75 Å². The Morgan fingerprint density at radius 1 is 1.33 bits per heavy atom. The third-order valence-electron chi connectivity index (χ3n) is 2.78. The normalized spacial score (nSPS) is 17.6. The zero-order valence-corrected chi connectivity index (χ0v) is 10.9. The Bertz CT molecular complexity index is 524. The molecule has 2 rings (SSSR count). The Labute approximate surface area is 106 Å². The molecule has 1 saturated heterocycles. The smallest absolute Gasteiger partial charge is 0.246 e. The molecule has 2 N–H and O–H groups in total. The van der Waals surface area contributed by atoms with Gasteiger partial charge >= 0.3 is 0 Å². The fourth-order valence-electron chi connectivity index (χ4n) is 1.82. The third-order valence-corrected chi connectivity index (χ3v) is 4.70. The Hall–Kier alpha value is -1.31. The van der Waals surface area contributed by atoms with Crippen LogP contribution >= 0.6 is 0 Å². The van der Waals surface area contributed by atoms with Crippen LogP contribution in [0.4, 0.5) is 5.69 Å². The summed E-state index contributed by atoms with van der Waals surface area (Å²) in [6.45, 7) is 1.51. The maximum Gasteiger partial charge on any atom is 0.246 e. The lowest BCUT2D eigenvalue weighted by Gasteiger charge is -2.26. The van der Waals surface area contributed by atoms with Crippen LogP contribution in [0.25, 0.3) is 0 Å². The number of nitrogens with two attached hydrogens (primary N) is 1. The zero-order valence-electron chi connectivity index (χ0n) is 10.1. The zero-order chi connectivity index (χ0) is 13.2. The predicted octanol–water partition coefficient (Wildman–Crippen LogP) is 0.298. The first kappa shape index (κ1) is 13.1. The Morgan fingerprint density at radius 2 is 2.00 bits per heavy atom. The van der Waals surface area contributed by atoms with Gasteiger partial charge in [0.25, 0.3) is 0 Å². The van der Waals surface area contributed by atoms with Gasteiger partial charge in [0.15, 0.2) is 0 Å². The second-order valence-electron chi connectivity index (χ2n) is 3.93. The summed E-state index contributed by atoms with van der Waals surface area (Å²) < 4.78 is 36.5. The van der Waals surface area contributed by atoms with E-state index in [2.05, 4.69) is 0 Å². The molecule has 0 aromatic heterocycles.